The molecule has 1 rings (SSSR count). The highest BCUT2D eigenvalue weighted by Crippen LogP contribution is 2.21. The first-order chi connectivity index (χ1) is 8.82. The van der Waals surface area contributed by atoms with Crippen LogP contribution >= 0.6 is 11.6 Å². The fourth-order valence-corrected chi connectivity index (χ4v) is 2.32. The molecule has 1 atom stereocenters. The molecule has 0 saturated heterocycles. The van der Waals surface area contributed by atoms with Gasteiger partial charge >= 0.3 is 0 Å². The minimum atomic E-state index is -0.628. The van der Waals surface area contributed by atoms with Gasteiger partial charge in [-0.25, -0.2) is 0 Å². The largest absolute Gasteiger partial charge is 0.354 e. The van der Waals surface area contributed by atoms with Gasteiger partial charge in [-0.3, -0.25) is 4.79 Å². The summed E-state index contributed by atoms with van der Waals surface area (Å²) in [6.45, 7) is 5.77. The van der Waals surface area contributed by atoms with Crippen molar-refractivity contribution in [3.8, 4) is 0 Å². The molecular weight excluding hydrogens is 260 g/mol. The second kappa shape index (κ2) is 6.92. The van der Waals surface area contributed by atoms with E-state index in [1.54, 1.807) is 0 Å². The number of alkyl halides is 1. The summed E-state index contributed by atoms with van der Waals surface area (Å²) in [5.41, 5.74) is 0.846. The molecule has 0 fully saturated rings. The Morgan fingerprint density at radius 1 is 1.32 bits per heavy atom. The predicted octanol–water partition coefficient (Wildman–Crippen LogP) is 2.67. The van der Waals surface area contributed by atoms with Crippen molar-refractivity contribution in [2.45, 2.75) is 19.2 Å². The predicted molar refractivity (Wildman–Crippen MR) is 80.4 cm³/mol. The van der Waals surface area contributed by atoms with Crippen LogP contribution in [0.15, 0.2) is 30.3 Å². The number of rotatable bonds is 6. The van der Waals surface area contributed by atoms with Crippen LogP contribution in [0.3, 0.4) is 0 Å². The Balaban J connectivity index is 2.52. The second-order valence-electron chi connectivity index (χ2n) is 5.89. The molecule has 0 radical (unpaired) electrons. The van der Waals surface area contributed by atoms with Crippen molar-refractivity contribution in [3.63, 3.8) is 0 Å². The molecular formula is C15H23ClN2O. The molecule has 1 unspecified atom stereocenters. The van der Waals surface area contributed by atoms with Crippen molar-refractivity contribution in [1.29, 1.82) is 0 Å². The first-order valence-electron chi connectivity index (χ1n) is 6.43. The Morgan fingerprint density at radius 3 is 2.42 bits per heavy atom. The molecule has 1 N–H and O–H groups in total. The Morgan fingerprint density at radius 2 is 1.89 bits per heavy atom. The van der Waals surface area contributed by atoms with E-state index < -0.39 is 5.38 Å². The van der Waals surface area contributed by atoms with Crippen LogP contribution in [0.5, 0.6) is 0 Å². The quantitative estimate of drug-likeness (QED) is 0.814. The van der Waals surface area contributed by atoms with E-state index in [2.05, 4.69) is 24.1 Å². The summed E-state index contributed by atoms with van der Waals surface area (Å²) in [6, 6.07) is 9.40. The molecule has 0 spiro atoms. The standard InChI is InChI=1S/C15H23ClN2O/c1-15(2,11-18(3)4)10-17-14(19)13(16)12-8-6-5-7-9-12/h5-9,13H,10-11H2,1-4H3,(H,17,19). The van der Waals surface area contributed by atoms with Crippen LogP contribution in [0.25, 0.3) is 0 Å². The third-order valence-corrected chi connectivity index (χ3v) is 3.26. The average Bonchev–Trinajstić information content (AvgIpc) is 2.34. The van der Waals surface area contributed by atoms with E-state index in [1.807, 2.05) is 44.4 Å². The van der Waals surface area contributed by atoms with Crippen molar-refractivity contribution in [2.75, 3.05) is 27.2 Å². The van der Waals surface area contributed by atoms with E-state index in [9.17, 15) is 4.79 Å². The molecule has 0 aliphatic heterocycles. The molecule has 0 saturated carbocycles. The van der Waals surface area contributed by atoms with Gasteiger partial charge in [-0.2, -0.15) is 0 Å². The van der Waals surface area contributed by atoms with Crippen molar-refractivity contribution in [3.05, 3.63) is 35.9 Å². The van der Waals surface area contributed by atoms with E-state index in [-0.39, 0.29) is 11.3 Å². The van der Waals surface area contributed by atoms with Gasteiger partial charge < -0.3 is 10.2 Å². The van der Waals surface area contributed by atoms with Crippen molar-refractivity contribution in [2.24, 2.45) is 5.41 Å². The lowest BCUT2D eigenvalue weighted by Gasteiger charge is -2.28. The lowest BCUT2D eigenvalue weighted by Crippen LogP contribution is -2.40. The zero-order valence-corrected chi connectivity index (χ0v) is 12.9. The number of benzene rings is 1. The number of carbonyl (C=O) groups is 1. The molecule has 4 heteroatoms. The SMILES string of the molecule is CN(C)CC(C)(C)CNC(=O)C(Cl)c1ccccc1. The molecule has 3 nitrogen and oxygen atoms in total. The minimum absolute atomic E-state index is 0.0203. The number of nitrogens with zero attached hydrogens (tertiary/aromatic N) is 1. The molecule has 19 heavy (non-hydrogen) atoms. The van der Waals surface area contributed by atoms with Crippen LogP contribution in [0.4, 0.5) is 0 Å². The molecule has 106 valence electrons. The summed E-state index contributed by atoms with van der Waals surface area (Å²) >= 11 is 6.17. The van der Waals surface area contributed by atoms with Crippen LogP contribution in [0.1, 0.15) is 24.8 Å². The van der Waals surface area contributed by atoms with Gasteiger partial charge in [0.15, 0.2) is 0 Å². The number of hydrogen-bond acceptors (Lipinski definition) is 2. The summed E-state index contributed by atoms with van der Waals surface area (Å²) in [4.78, 5) is 14.1. The lowest BCUT2D eigenvalue weighted by molar-refractivity contribution is -0.121. The maximum atomic E-state index is 12.0. The zero-order valence-electron chi connectivity index (χ0n) is 12.1. The van der Waals surface area contributed by atoms with Gasteiger partial charge in [0.1, 0.15) is 5.38 Å². The molecule has 0 bridgehead atoms. The summed E-state index contributed by atoms with van der Waals surface area (Å²) in [7, 11) is 4.05. The number of nitrogens with one attached hydrogen (secondary N) is 1. The normalized spacial score (nSPS) is 13.4. The zero-order chi connectivity index (χ0) is 14.5. The summed E-state index contributed by atoms with van der Waals surface area (Å²) in [5.74, 6) is -0.139. The Kier molecular flexibility index (Phi) is 5.83. The molecule has 1 aromatic rings. The minimum Gasteiger partial charge on any atom is -0.354 e. The molecule has 0 aliphatic rings. The number of hydrogen-bond donors (Lipinski definition) is 1. The Hall–Kier alpha value is -1.06. The van der Waals surface area contributed by atoms with Gasteiger partial charge in [0.2, 0.25) is 5.91 Å². The van der Waals surface area contributed by atoms with Crippen LogP contribution in [-0.2, 0) is 4.79 Å². The Labute approximate surface area is 120 Å². The summed E-state index contributed by atoms with van der Waals surface area (Å²) < 4.78 is 0. The fourth-order valence-electron chi connectivity index (χ4n) is 2.10. The monoisotopic (exact) mass is 282 g/mol. The average molecular weight is 283 g/mol. The summed E-state index contributed by atoms with van der Waals surface area (Å²) in [5, 5.41) is 2.30. The van der Waals surface area contributed by atoms with Crippen LogP contribution in [-0.4, -0.2) is 38.0 Å². The molecule has 1 aromatic carbocycles. The fraction of sp³-hybridized carbons (Fsp3) is 0.533. The van der Waals surface area contributed by atoms with Crippen molar-refractivity contribution in [1.82, 2.24) is 10.2 Å². The highest BCUT2D eigenvalue weighted by molar-refractivity contribution is 6.30. The highest BCUT2D eigenvalue weighted by Gasteiger charge is 2.23. The maximum Gasteiger partial charge on any atom is 0.242 e. The van der Waals surface area contributed by atoms with E-state index >= 15 is 0 Å². The lowest BCUT2D eigenvalue weighted by atomic mass is 9.93. The van der Waals surface area contributed by atoms with Crippen molar-refractivity contribution < 1.29 is 4.79 Å². The Bertz CT molecular complexity index is 404. The third-order valence-electron chi connectivity index (χ3n) is 2.81. The van der Waals surface area contributed by atoms with Gasteiger partial charge in [-0.15, -0.1) is 11.6 Å². The smallest absolute Gasteiger partial charge is 0.242 e. The molecule has 0 aliphatic carbocycles. The van der Waals surface area contributed by atoms with E-state index in [0.717, 1.165) is 12.1 Å². The van der Waals surface area contributed by atoms with E-state index in [1.165, 1.54) is 0 Å². The van der Waals surface area contributed by atoms with Gasteiger partial charge in [0, 0.05) is 13.1 Å². The van der Waals surface area contributed by atoms with Crippen LogP contribution in [0.2, 0.25) is 0 Å². The van der Waals surface area contributed by atoms with Crippen LogP contribution in [0, 0.1) is 5.41 Å². The first kappa shape index (κ1) is 16.0. The topological polar surface area (TPSA) is 32.3 Å². The van der Waals surface area contributed by atoms with E-state index in [0.29, 0.717) is 6.54 Å². The maximum absolute atomic E-state index is 12.0. The molecule has 1 amide bonds. The van der Waals surface area contributed by atoms with Crippen LogP contribution < -0.4 is 5.32 Å². The van der Waals surface area contributed by atoms with Crippen molar-refractivity contribution >= 4 is 17.5 Å². The highest BCUT2D eigenvalue weighted by atomic mass is 35.5. The van der Waals surface area contributed by atoms with Gasteiger partial charge in [-0.1, -0.05) is 44.2 Å². The van der Waals surface area contributed by atoms with Gasteiger partial charge in [-0.05, 0) is 25.1 Å². The number of halogens is 1. The second-order valence-corrected chi connectivity index (χ2v) is 6.33. The number of carbonyl (C=O) groups excluding carboxylic acids is 1. The molecule has 0 aromatic heterocycles. The number of amides is 1. The van der Waals surface area contributed by atoms with Gasteiger partial charge in [0.25, 0.3) is 0 Å². The first-order valence-corrected chi connectivity index (χ1v) is 6.87. The van der Waals surface area contributed by atoms with E-state index in [4.69, 9.17) is 11.6 Å². The molecule has 0 heterocycles. The third kappa shape index (κ3) is 5.62. The summed E-state index contributed by atoms with van der Waals surface area (Å²) in [6.07, 6.45) is 0. The van der Waals surface area contributed by atoms with Gasteiger partial charge in [0.05, 0.1) is 0 Å².